The fourth-order valence-electron chi connectivity index (χ4n) is 1.76. The Morgan fingerprint density at radius 2 is 2.29 bits per heavy atom. The zero-order valence-corrected chi connectivity index (χ0v) is 10.8. The number of nitrogens with zero attached hydrogens (tertiary/aromatic N) is 1. The van der Waals surface area contributed by atoms with Crippen molar-refractivity contribution in [1.29, 1.82) is 0 Å². The Bertz CT molecular complexity index is 333. The van der Waals surface area contributed by atoms with Gasteiger partial charge in [-0.3, -0.25) is 4.79 Å². The van der Waals surface area contributed by atoms with Crippen LogP contribution in [0.2, 0.25) is 0 Å². The summed E-state index contributed by atoms with van der Waals surface area (Å²) >= 11 is 0. The van der Waals surface area contributed by atoms with Gasteiger partial charge in [-0.25, -0.2) is 0 Å². The van der Waals surface area contributed by atoms with E-state index < -0.39 is 0 Å². The Labute approximate surface area is 103 Å². The first-order chi connectivity index (χ1) is 8.27. The molecule has 0 spiro atoms. The third-order valence-corrected chi connectivity index (χ3v) is 2.74. The molecule has 2 N–H and O–H groups in total. The molecule has 0 aromatic carbocycles. The van der Waals surface area contributed by atoms with Crippen LogP contribution in [0.5, 0.6) is 0 Å². The lowest BCUT2D eigenvalue weighted by Gasteiger charge is -2.09. The van der Waals surface area contributed by atoms with Crippen LogP contribution in [0.4, 0.5) is 0 Å². The first-order valence-corrected chi connectivity index (χ1v) is 6.33. The summed E-state index contributed by atoms with van der Waals surface area (Å²) in [6, 6.07) is 4.19. The Morgan fingerprint density at radius 3 is 3.00 bits per heavy atom. The summed E-state index contributed by atoms with van der Waals surface area (Å²) in [5.74, 6) is 0.114. The van der Waals surface area contributed by atoms with Crippen molar-refractivity contribution >= 4 is 5.91 Å². The first-order valence-electron chi connectivity index (χ1n) is 6.33. The number of amides is 1. The topological polar surface area (TPSA) is 46.1 Å². The summed E-state index contributed by atoms with van der Waals surface area (Å²) in [5, 5.41) is 6.03. The molecule has 0 bridgehead atoms. The van der Waals surface area contributed by atoms with Gasteiger partial charge in [0, 0.05) is 38.4 Å². The van der Waals surface area contributed by atoms with Gasteiger partial charge in [-0.1, -0.05) is 6.92 Å². The molecule has 1 amide bonds. The lowest BCUT2D eigenvalue weighted by atomic mass is 10.3. The van der Waals surface area contributed by atoms with Crippen molar-refractivity contribution in [1.82, 2.24) is 15.2 Å². The molecule has 4 nitrogen and oxygen atoms in total. The van der Waals surface area contributed by atoms with Crippen LogP contribution in [0.25, 0.3) is 0 Å². The van der Waals surface area contributed by atoms with E-state index in [-0.39, 0.29) is 5.91 Å². The van der Waals surface area contributed by atoms with E-state index in [9.17, 15) is 4.79 Å². The van der Waals surface area contributed by atoms with Crippen molar-refractivity contribution in [2.45, 2.75) is 39.3 Å². The van der Waals surface area contributed by atoms with Gasteiger partial charge in [0.15, 0.2) is 0 Å². The highest BCUT2D eigenvalue weighted by Crippen LogP contribution is 2.04. The quantitative estimate of drug-likeness (QED) is 0.673. The molecule has 1 rings (SSSR count). The number of hydrogen-bond acceptors (Lipinski definition) is 2. The van der Waals surface area contributed by atoms with Crippen LogP contribution in [-0.4, -0.2) is 24.1 Å². The van der Waals surface area contributed by atoms with E-state index in [0.717, 1.165) is 32.5 Å². The second-order valence-corrected chi connectivity index (χ2v) is 4.15. The van der Waals surface area contributed by atoms with Gasteiger partial charge >= 0.3 is 0 Å². The van der Waals surface area contributed by atoms with E-state index in [1.165, 1.54) is 5.69 Å². The number of hydrogen-bond donors (Lipinski definition) is 2. The molecule has 1 aromatic rings. The second-order valence-electron chi connectivity index (χ2n) is 4.15. The number of nitrogens with one attached hydrogen (secondary N) is 2. The number of aryl methyl sites for hydroxylation is 1. The summed E-state index contributed by atoms with van der Waals surface area (Å²) in [6.07, 6.45) is 4.70. The Morgan fingerprint density at radius 1 is 1.47 bits per heavy atom. The zero-order valence-electron chi connectivity index (χ0n) is 10.8. The van der Waals surface area contributed by atoms with Crippen LogP contribution in [0, 0.1) is 0 Å². The van der Waals surface area contributed by atoms with Crippen molar-refractivity contribution in [3.63, 3.8) is 0 Å². The predicted molar refractivity (Wildman–Crippen MR) is 69.7 cm³/mol. The van der Waals surface area contributed by atoms with Crippen LogP contribution in [0.3, 0.4) is 0 Å². The molecule has 0 aliphatic rings. The van der Waals surface area contributed by atoms with E-state index in [0.29, 0.717) is 6.42 Å². The summed E-state index contributed by atoms with van der Waals surface area (Å²) in [5.41, 5.74) is 1.29. The van der Waals surface area contributed by atoms with Crippen LogP contribution >= 0.6 is 0 Å². The van der Waals surface area contributed by atoms with Crippen LogP contribution in [0.1, 0.15) is 31.9 Å². The largest absolute Gasteiger partial charge is 0.359 e. The molecule has 96 valence electrons. The Hall–Kier alpha value is -1.29. The van der Waals surface area contributed by atoms with Crippen molar-refractivity contribution < 1.29 is 4.79 Å². The van der Waals surface area contributed by atoms with E-state index in [1.54, 1.807) is 7.05 Å². The number of aromatic nitrogens is 1. The lowest BCUT2D eigenvalue weighted by molar-refractivity contribution is -0.120. The van der Waals surface area contributed by atoms with Gasteiger partial charge in [-0.15, -0.1) is 0 Å². The van der Waals surface area contributed by atoms with Gasteiger partial charge in [0.05, 0.1) is 0 Å². The molecule has 0 unspecified atom stereocenters. The van der Waals surface area contributed by atoms with E-state index >= 15 is 0 Å². The maximum atomic E-state index is 11.1. The molecule has 0 saturated heterocycles. The van der Waals surface area contributed by atoms with Crippen LogP contribution in [0.15, 0.2) is 18.3 Å². The smallest absolute Gasteiger partial charge is 0.219 e. The third kappa shape index (κ3) is 5.04. The molecule has 0 saturated carbocycles. The maximum Gasteiger partial charge on any atom is 0.219 e. The zero-order chi connectivity index (χ0) is 12.5. The van der Waals surface area contributed by atoms with Crippen molar-refractivity contribution in [2.24, 2.45) is 0 Å². The Kier molecular flexibility index (Phi) is 6.40. The molecule has 4 heteroatoms. The summed E-state index contributed by atoms with van der Waals surface area (Å²) in [6.45, 7) is 5.02. The highest BCUT2D eigenvalue weighted by Gasteiger charge is 2.02. The van der Waals surface area contributed by atoms with Crippen molar-refractivity contribution in [2.75, 3.05) is 13.6 Å². The van der Waals surface area contributed by atoms with E-state index in [1.807, 2.05) is 0 Å². The normalized spacial score (nSPS) is 10.5. The minimum absolute atomic E-state index is 0.114. The molecule has 1 aromatic heterocycles. The summed E-state index contributed by atoms with van der Waals surface area (Å²) < 4.78 is 2.21. The minimum atomic E-state index is 0.114. The fourth-order valence-corrected chi connectivity index (χ4v) is 1.76. The summed E-state index contributed by atoms with van der Waals surface area (Å²) in [4.78, 5) is 11.1. The molecule has 0 fully saturated rings. The van der Waals surface area contributed by atoms with Crippen molar-refractivity contribution in [3.8, 4) is 0 Å². The van der Waals surface area contributed by atoms with Gasteiger partial charge in [0.1, 0.15) is 0 Å². The first kappa shape index (κ1) is 13.8. The van der Waals surface area contributed by atoms with Gasteiger partial charge in [0.25, 0.3) is 0 Å². The minimum Gasteiger partial charge on any atom is -0.359 e. The standard InChI is InChI=1S/C13H23N3O/c1-3-8-15-11-12-6-4-9-16(12)10-5-7-13(17)14-2/h4,6,9,15H,3,5,7-8,10-11H2,1-2H3,(H,14,17). The molecule has 0 aliphatic carbocycles. The van der Waals surface area contributed by atoms with E-state index in [4.69, 9.17) is 0 Å². The highest BCUT2D eigenvalue weighted by atomic mass is 16.1. The molecule has 1 heterocycles. The molecule has 0 atom stereocenters. The fraction of sp³-hybridized carbons (Fsp3) is 0.615. The van der Waals surface area contributed by atoms with Gasteiger partial charge in [-0.2, -0.15) is 0 Å². The summed E-state index contributed by atoms with van der Waals surface area (Å²) in [7, 11) is 1.68. The monoisotopic (exact) mass is 237 g/mol. The van der Waals surface area contributed by atoms with Gasteiger partial charge in [0.2, 0.25) is 5.91 Å². The Balaban J connectivity index is 2.32. The predicted octanol–water partition coefficient (Wildman–Crippen LogP) is 1.51. The molecule has 17 heavy (non-hydrogen) atoms. The average molecular weight is 237 g/mol. The van der Waals surface area contributed by atoms with Gasteiger partial charge < -0.3 is 15.2 Å². The average Bonchev–Trinajstić information content (AvgIpc) is 2.77. The SMILES string of the molecule is CCCNCc1cccn1CCCC(=O)NC. The van der Waals surface area contributed by atoms with Gasteiger partial charge in [-0.05, 0) is 31.5 Å². The second kappa shape index (κ2) is 7.90. The third-order valence-electron chi connectivity index (χ3n) is 2.74. The number of carbonyl (C=O) groups is 1. The highest BCUT2D eigenvalue weighted by molar-refractivity contribution is 5.75. The number of rotatable bonds is 8. The lowest BCUT2D eigenvalue weighted by Crippen LogP contribution is -2.19. The van der Waals surface area contributed by atoms with E-state index in [2.05, 4.69) is 40.5 Å². The van der Waals surface area contributed by atoms with Crippen molar-refractivity contribution in [3.05, 3.63) is 24.0 Å². The van der Waals surface area contributed by atoms with Crippen LogP contribution in [-0.2, 0) is 17.9 Å². The number of carbonyl (C=O) groups excluding carboxylic acids is 1. The van der Waals surface area contributed by atoms with Crippen LogP contribution < -0.4 is 10.6 Å². The molecular formula is C13H23N3O. The maximum absolute atomic E-state index is 11.1. The molecule has 0 radical (unpaired) electrons. The molecular weight excluding hydrogens is 214 g/mol. The molecule has 0 aliphatic heterocycles.